The summed E-state index contributed by atoms with van der Waals surface area (Å²) in [7, 11) is 3.13. The Hall–Kier alpha value is -2.73. The van der Waals surface area contributed by atoms with E-state index in [0.29, 0.717) is 22.9 Å². The van der Waals surface area contributed by atoms with Gasteiger partial charge in [-0.25, -0.2) is 0 Å². The van der Waals surface area contributed by atoms with E-state index in [1.54, 1.807) is 26.1 Å². The van der Waals surface area contributed by atoms with Crippen molar-refractivity contribution in [3.8, 4) is 5.75 Å². The Morgan fingerprint density at radius 3 is 2.44 bits per heavy atom. The van der Waals surface area contributed by atoms with Gasteiger partial charge in [0.2, 0.25) is 11.8 Å². The van der Waals surface area contributed by atoms with Gasteiger partial charge < -0.3 is 20.7 Å². The second-order valence-corrected chi connectivity index (χ2v) is 6.61. The average molecular weight is 390 g/mol. The summed E-state index contributed by atoms with van der Waals surface area (Å²) in [6.07, 6.45) is 0.322. The lowest BCUT2D eigenvalue weighted by Crippen LogP contribution is -2.32. The van der Waals surface area contributed by atoms with Crippen LogP contribution in [0.1, 0.15) is 18.1 Å². The number of methoxy groups -OCH3 is 1. The van der Waals surface area contributed by atoms with Crippen LogP contribution in [0.15, 0.2) is 36.4 Å². The molecule has 2 aromatic carbocycles. The van der Waals surface area contributed by atoms with Gasteiger partial charge in [-0.05, 0) is 43.2 Å². The maximum absolute atomic E-state index is 12.5. The van der Waals surface area contributed by atoms with E-state index in [9.17, 15) is 9.59 Å². The molecule has 1 atom stereocenters. The molecule has 1 unspecified atom stereocenters. The smallest absolute Gasteiger partial charge is 0.246 e. The number of aryl methyl sites for hydroxylation is 1. The van der Waals surface area contributed by atoms with E-state index in [1.807, 2.05) is 31.2 Å². The van der Waals surface area contributed by atoms with Crippen molar-refractivity contribution in [3.63, 3.8) is 0 Å². The second kappa shape index (κ2) is 9.28. The van der Waals surface area contributed by atoms with E-state index in [1.165, 1.54) is 7.11 Å². The lowest BCUT2D eigenvalue weighted by molar-refractivity contribution is -0.120. The summed E-state index contributed by atoms with van der Waals surface area (Å²) in [6, 6.07) is 10.4. The number of rotatable bonds is 7. The predicted octanol–water partition coefficient (Wildman–Crippen LogP) is 3.38. The average Bonchev–Trinajstić information content (AvgIpc) is 2.65. The SMILES string of the molecule is CNC(=O)Cc1ccc(NC(C)C(=O)Nc2cc(C)c(Cl)cc2OC)cc1. The summed E-state index contributed by atoms with van der Waals surface area (Å²) in [6.45, 7) is 3.63. The Morgan fingerprint density at radius 2 is 1.85 bits per heavy atom. The van der Waals surface area contributed by atoms with E-state index >= 15 is 0 Å². The number of likely N-dealkylation sites (N-methyl/N-ethyl adjacent to an activating group) is 1. The molecule has 6 nitrogen and oxygen atoms in total. The summed E-state index contributed by atoms with van der Waals surface area (Å²) < 4.78 is 5.28. The highest BCUT2D eigenvalue weighted by atomic mass is 35.5. The van der Waals surface area contributed by atoms with Gasteiger partial charge in [-0.15, -0.1) is 0 Å². The number of ether oxygens (including phenoxy) is 1. The van der Waals surface area contributed by atoms with Gasteiger partial charge in [0.05, 0.1) is 19.2 Å². The molecule has 0 aromatic heterocycles. The quantitative estimate of drug-likeness (QED) is 0.678. The van der Waals surface area contributed by atoms with Crippen LogP contribution in [0.4, 0.5) is 11.4 Å². The molecule has 2 aromatic rings. The molecule has 3 N–H and O–H groups in total. The third kappa shape index (κ3) is 5.62. The summed E-state index contributed by atoms with van der Waals surface area (Å²) in [5.41, 5.74) is 3.11. The standard InChI is InChI=1S/C20H24ClN3O3/c1-12-9-17(18(27-4)11-16(12)21)24-20(26)13(2)23-15-7-5-14(6-8-15)10-19(25)22-3/h5-9,11,13,23H,10H2,1-4H3,(H,22,25)(H,24,26). The molecule has 0 saturated carbocycles. The highest BCUT2D eigenvalue weighted by Gasteiger charge is 2.16. The third-order valence-corrected chi connectivity index (χ3v) is 4.52. The van der Waals surface area contributed by atoms with Crippen molar-refractivity contribution in [1.29, 1.82) is 0 Å². The molecular formula is C20H24ClN3O3. The molecule has 27 heavy (non-hydrogen) atoms. The maximum atomic E-state index is 12.5. The molecule has 144 valence electrons. The van der Waals surface area contributed by atoms with Crippen LogP contribution in [0, 0.1) is 6.92 Å². The number of carbonyl (C=O) groups excluding carboxylic acids is 2. The Labute approximate surface area is 164 Å². The van der Waals surface area contributed by atoms with Gasteiger partial charge in [0.25, 0.3) is 0 Å². The zero-order valence-electron chi connectivity index (χ0n) is 15.9. The summed E-state index contributed by atoms with van der Waals surface area (Å²) in [5.74, 6) is 0.254. The van der Waals surface area contributed by atoms with E-state index in [0.717, 1.165) is 16.8 Å². The molecule has 0 radical (unpaired) electrons. The van der Waals surface area contributed by atoms with Crippen LogP contribution in [0.2, 0.25) is 5.02 Å². The van der Waals surface area contributed by atoms with Crippen LogP contribution < -0.4 is 20.7 Å². The lowest BCUT2D eigenvalue weighted by atomic mass is 10.1. The first-order chi connectivity index (χ1) is 12.8. The number of hydrogen-bond acceptors (Lipinski definition) is 4. The van der Waals surface area contributed by atoms with E-state index < -0.39 is 6.04 Å². The number of nitrogens with one attached hydrogen (secondary N) is 3. The van der Waals surface area contributed by atoms with Crippen molar-refractivity contribution in [2.75, 3.05) is 24.8 Å². The molecule has 0 aliphatic heterocycles. The molecule has 2 amide bonds. The maximum Gasteiger partial charge on any atom is 0.246 e. The molecular weight excluding hydrogens is 366 g/mol. The van der Waals surface area contributed by atoms with Gasteiger partial charge >= 0.3 is 0 Å². The normalized spacial score (nSPS) is 11.4. The van der Waals surface area contributed by atoms with Gasteiger partial charge in [-0.2, -0.15) is 0 Å². The zero-order valence-corrected chi connectivity index (χ0v) is 16.6. The summed E-state index contributed by atoms with van der Waals surface area (Å²) in [5, 5.41) is 9.16. The number of hydrogen-bond donors (Lipinski definition) is 3. The van der Waals surface area contributed by atoms with Gasteiger partial charge in [0.15, 0.2) is 0 Å². The molecule has 7 heteroatoms. The summed E-state index contributed by atoms with van der Waals surface area (Å²) in [4.78, 5) is 23.9. The van der Waals surface area contributed by atoms with E-state index in [-0.39, 0.29) is 11.8 Å². The van der Waals surface area contributed by atoms with Crippen molar-refractivity contribution in [2.45, 2.75) is 26.3 Å². The van der Waals surface area contributed by atoms with Crippen molar-refractivity contribution in [3.05, 3.63) is 52.5 Å². The molecule has 2 rings (SSSR count). The van der Waals surface area contributed by atoms with Crippen molar-refractivity contribution in [1.82, 2.24) is 5.32 Å². The highest BCUT2D eigenvalue weighted by Crippen LogP contribution is 2.31. The van der Waals surface area contributed by atoms with Crippen LogP contribution in [0.3, 0.4) is 0 Å². The van der Waals surface area contributed by atoms with Gasteiger partial charge in [0.1, 0.15) is 11.8 Å². The first-order valence-electron chi connectivity index (χ1n) is 8.55. The Morgan fingerprint density at radius 1 is 1.19 bits per heavy atom. The van der Waals surface area contributed by atoms with Crippen molar-refractivity contribution >= 4 is 34.8 Å². The molecule has 0 heterocycles. The number of amides is 2. The molecule has 0 aliphatic carbocycles. The molecule has 0 spiro atoms. The number of halogens is 1. The molecule has 0 bridgehead atoms. The van der Waals surface area contributed by atoms with E-state index in [4.69, 9.17) is 16.3 Å². The number of anilines is 2. The van der Waals surface area contributed by atoms with Crippen LogP contribution in [0.25, 0.3) is 0 Å². The van der Waals surface area contributed by atoms with Crippen molar-refractivity contribution in [2.24, 2.45) is 0 Å². The minimum Gasteiger partial charge on any atom is -0.495 e. The van der Waals surface area contributed by atoms with Crippen LogP contribution in [-0.2, 0) is 16.0 Å². The zero-order chi connectivity index (χ0) is 20.0. The topological polar surface area (TPSA) is 79.5 Å². The number of carbonyl (C=O) groups is 2. The third-order valence-electron chi connectivity index (χ3n) is 4.11. The molecule has 0 saturated heterocycles. The molecule has 0 aliphatic rings. The van der Waals surface area contributed by atoms with Gasteiger partial charge in [-0.1, -0.05) is 23.7 Å². The fourth-order valence-electron chi connectivity index (χ4n) is 2.48. The van der Waals surface area contributed by atoms with E-state index in [2.05, 4.69) is 16.0 Å². The predicted molar refractivity (Wildman–Crippen MR) is 109 cm³/mol. The van der Waals surface area contributed by atoms with Gasteiger partial charge in [0, 0.05) is 23.8 Å². The molecule has 0 fully saturated rings. The highest BCUT2D eigenvalue weighted by molar-refractivity contribution is 6.31. The van der Waals surface area contributed by atoms with Crippen LogP contribution in [0.5, 0.6) is 5.75 Å². The Bertz CT molecular complexity index is 822. The minimum atomic E-state index is -0.476. The lowest BCUT2D eigenvalue weighted by Gasteiger charge is -2.17. The first-order valence-corrected chi connectivity index (χ1v) is 8.93. The summed E-state index contributed by atoms with van der Waals surface area (Å²) >= 11 is 6.09. The minimum absolute atomic E-state index is 0.0457. The fraction of sp³-hybridized carbons (Fsp3) is 0.300. The van der Waals surface area contributed by atoms with Crippen LogP contribution in [-0.4, -0.2) is 32.0 Å². The Balaban J connectivity index is 2.02. The van der Waals surface area contributed by atoms with Gasteiger partial charge in [-0.3, -0.25) is 9.59 Å². The number of benzene rings is 2. The van der Waals surface area contributed by atoms with Crippen LogP contribution >= 0.6 is 11.6 Å². The van der Waals surface area contributed by atoms with Crippen molar-refractivity contribution < 1.29 is 14.3 Å². The fourth-order valence-corrected chi connectivity index (χ4v) is 2.63. The monoisotopic (exact) mass is 389 g/mol. The largest absolute Gasteiger partial charge is 0.495 e. The first kappa shape index (κ1) is 20.6. The Kier molecular flexibility index (Phi) is 7.07. The second-order valence-electron chi connectivity index (χ2n) is 6.20.